The summed E-state index contributed by atoms with van der Waals surface area (Å²) < 4.78 is 42.6. The second-order valence-corrected chi connectivity index (χ2v) is 11.6. The predicted octanol–water partition coefficient (Wildman–Crippen LogP) is 5.50. The number of nitrogens with one attached hydrogen (secondary N) is 1. The molecule has 2 heterocycles. The molecule has 0 bridgehead atoms. The second kappa shape index (κ2) is 15.9. The van der Waals surface area contributed by atoms with Crippen LogP contribution in [0.5, 0.6) is 11.5 Å². The Hall–Kier alpha value is -4.71. The summed E-state index contributed by atoms with van der Waals surface area (Å²) >= 11 is 0. The van der Waals surface area contributed by atoms with Gasteiger partial charge in [0.2, 0.25) is 5.91 Å². The number of carbonyl (C=O) groups is 1. The van der Waals surface area contributed by atoms with Crippen LogP contribution in [0, 0.1) is 0 Å². The van der Waals surface area contributed by atoms with Gasteiger partial charge in [-0.05, 0) is 53.4 Å². The van der Waals surface area contributed by atoms with Crippen LogP contribution in [0.25, 0.3) is 0 Å². The minimum atomic E-state index is -3.01. The number of anilines is 1. The molecule has 13 heteroatoms. The van der Waals surface area contributed by atoms with Crippen molar-refractivity contribution in [1.29, 1.82) is 0 Å². The zero-order chi connectivity index (χ0) is 34.1. The van der Waals surface area contributed by atoms with Crippen LogP contribution in [0.3, 0.4) is 0 Å². The first-order valence-electron chi connectivity index (χ1n) is 15.2. The molecule has 3 aromatic carbocycles. The number of nitrogens with zero attached hydrogens (tertiary/aromatic N) is 2. The topological polar surface area (TPSA) is 147 Å². The maximum atomic E-state index is 13.0. The fourth-order valence-electron chi connectivity index (χ4n) is 5.67. The molecule has 2 N–H and O–H groups in total. The van der Waals surface area contributed by atoms with Crippen molar-refractivity contribution in [2.75, 3.05) is 26.1 Å². The Kier molecular flexibility index (Phi) is 11.5. The molecule has 5 rings (SSSR count). The molecule has 1 fully saturated rings. The van der Waals surface area contributed by atoms with Crippen molar-refractivity contribution in [3.05, 3.63) is 131 Å². The maximum absolute atomic E-state index is 13.0. The highest BCUT2D eigenvalue weighted by atomic mass is 31.1. The monoisotopic (exact) mass is 674 g/mol. The Morgan fingerprint density at radius 2 is 1.62 bits per heavy atom. The van der Waals surface area contributed by atoms with E-state index in [2.05, 4.69) is 16.9 Å². The molecule has 1 aromatic heterocycles. The number of methoxy groups -OCH3 is 2. The molecule has 1 amide bonds. The third-order valence-electron chi connectivity index (χ3n) is 8.03. The van der Waals surface area contributed by atoms with Crippen molar-refractivity contribution in [2.24, 2.45) is 0 Å². The zero-order valence-corrected chi connectivity index (χ0v) is 27.5. The fourth-order valence-corrected chi connectivity index (χ4v) is 6.12. The van der Waals surface area contributed by atoms with E-state index in [1.807, 2.05) is 78.9 Å². The van der Waals surface area contributed by atoms with Crippen LogP contribution in [0.4, 0.5) is 5.82 Å². The van der Waals surface area contributed by atoms with Crippen LogP contribution in [-0.2, 0) is 29.0 Å². The summed E-state index contributed by atoms with van der Waals surface area (Å²) in [5.74, 6) is 1.13. The van der Waals surface area contributed by atoms with Crippen molar-refractivity contribution in [1.82, 2.24) is 9.55 Å². The molecular weight excluding hydrogens is 637 g/mol. The average molecular weight is 675 g/mol. The summed E-state index contributed by atoms with van der Waals surface area (Å²) in [5.41, 5.74) is 0.519. The molecular formula is C35H37N3O9P+. The van der Waals surface area contributed by atoms with Crippen molar-refractivity contribution in [2.45, 2.75) is 43.3 Å². The van der Waals surface area contributed by atoms with E-state index in [0.29, 0.717) is 17.9 Å². The lowest BCUT2D eigenvalue weighted by atomic mass is 9.80. The summed E-state index contributed by atoms with van der Waals surface area (Å²) in [7, 11) is 0.176. The molecule has 1 saturated heterocycles. The van der Waals surface area contributed by atoms with Crippen LogP contribution in [0.2, 0.25) is 0 Å². The lowest BCUT2D eigenvalue weighted by Gasteiger charge is -2.37. The van der Waals surface area contributed by atoms with Gasteiger partial charge in [-0.2, -0.15) is 4.98 Å². The van der Waals surface area contributed by atoms with Gasteiger partial charge in [0.15, 0.2) is 0 Å². The fraction of sp³-hybridized carbons (Fsp3) is 0.286. The van der Waals surface area contributed by atoms with E-state index in [9.17, 15) is 19.0 Å². The summed E-state index contributed by atoms with van der Waals surface area (Å²) in [6.07, 6.45) is 1.16. The molecule has 12 nitrogen and oxygen atoms in total. The van der Waals surface area contributed by atoms with Crippen LogP contribution < -0.4 is 20.5 Å². The molecule has 4 aromatic rings. The Bertz CT molecular complexity index is 1720. The Labute approximate surface area is 278 Å². The van der Waals surface area contributed by atoms with Gasteiger partial charge < -0.3 is 24.3 Å². The molecule has 0 saturated carbocycles. The lowest BCUT2D eigenvalue weighted by Crippen LogP contribution is -2.38. The van der Waals surface area contributed by atoms with E-state index in [0.717, 1.165) is 16.7 Å². The minimum absolute atomic E-state index is 0.0612. The van der Waals surface area contributed by atoms with E-state index in [-0.39, 0.29) is 31.2 Å². The van der Waals surface area contributed by atoms with Gasteiger partial charge >= 0.3 is 13.9 Å². The molecule has 0 aliphatic carbocycles. The van der Waals surface area contributed by atoms with Crippen LogP contribution in [0.15, 0.2) is 109 Å². The van der Waals surface area contributed by atoms with E-state index < -0.39 is 38.0 Å². The second-order valence-electron chi connectivity index (χ2n) is 10.9. The maximum Gasteiger partial charge on any atom is 0.695 e. The highest BCUT2D eigenvalue weighted by Crippen LogP contribution is 2.43. The molecule has 4 atom stereocenters. The Morgan fingerprint density at radius 3 is 2.17 bits per heavy atom. The molecule has 0 spiro atoms. The molecule has 250 valence electrons. The molecule has 0 radical (unpaired) electrons. The number of benzene rings is 3. The van der Waals surface area contributed by atoms with Gasteiger partial charge in [0.25, 0.3) is 0 Å². The van der Waals surface area contributed by atoms with E-state index in [4.69, 9.17) is 23.5 Å². The first-order chi connectivity index (χ1) is 23.3. The van der Waals surface area contributed by atoms with Crippen LogP contribution in [0.1, 0.15) is 42.2 Å². The van der Waals surface area contributed by atoms with E-state index in [1.54, 1.807) is 20.3 Å². The number of aromatic nitrogens is 2. The van der Waals surface area contributed by atoms with Gasteiger partial charge in [-0.15, -0.1) is 16.0 Å². The van der Waals surface area contributed by atoms with Gasteiger partial charge in [0, 0.05) is 23.6 Å². The number of hydrogen-bond donors (Lipinski definition) is 2. The number of carbonyl (C=O) groups excluding carboxylic acids is 1. The SMILES string of the molecule is C=CCCC(=O)Nc1ccn([C@H]2C[C@H](O[P+](=O)O)[C@@H](COC(c3ccccc3)(c3ccc(OC)cc3)c3ccc(OC)cc3)O2)c(=O)n1. The largest absolute Gasteiger partial charge is 0.695 e. The summed E-state index contributed by atoms with van der Waals surface area (Å²) in [4.78, 5) is 38.9. The number of rotatable bonds is 15. The van der Waals surface area contributed by atoms with Gasteiger partial charge in [0.05, 0.1) is 20.8 Å². The first kappa shape index (κ1) is 34.6. The molecule has 1 aliphatic rings. The van der Waals surface area contributed by atoms with Crippen molar-refractivity contribution < 1.29 is 37.7 Å². The Balaban J connectivity index is 1.48. The van der Waals surface area contributed by atoms with Gasteiger partial charge in [-0.1, -0.05) is 60.7 Å². The highest BCUT2D eigenvalue weighted by molar-refractivity contribution is 7.32. The molecule has 48 heavy (non-hydrogen) atoms. The average Bonchev–Trinajstić information content (AvgIpc) is 3.49. The normalized spacial score (nSPS) is 17.8. The third-order valence-corrected chi connectivity index (χ3v) is 8.48. The number of amides is 1. The van der Waals surface area contributed by atoms with Gasteiger partial charge in [0.1, 0.15) is 41.4 Å². The molecule has 1 aliphatic heterocycles. The summed E-state index contributed by atoms with van der Waals surface area (Å²) in [6, 6.07) is 26.1. The van der Waals surface area contributed by atoms with Crippen molar-refractivity contribution in [3.8, 4) is 11.5 Å². The standard InChI is InChI=1S/C35H36N3O9P/c1-4-5-11-32(39)36-31-20-21-38(34(40)37-31)33-22-29(47-48(41)42)30(46-33)23-45-35(24-9-7-6-8-10-24,25-12-16-27(43-2)17-13-25)26-14-18-28(44-3)19-15-26/h4,6-10,12-21,29-30,33H,1,5,11,22-23H2,2-3H3,(H-,36,37,39,40,41,42)/p+1/t29-,30+,33+/m0/s1. The van der Waals surface area contributed by atoms with E-state index >= 15 is 0 Å². The van der Waals surface area contributed by atoms with Gasteiger partial charge in [-0.25, -0.2) is 4.79 Å². The smallest absolute Gasteiger partial charge is 0.497 e. The Morgan fingerprint density at radius 1 is 1.02 bits per heavy atom. The van der Waals surface area contributed by atoms with Gasteiger partial charge in [-0.3, -0.25) is 9.36 Å². The van der Waals surface area contributed by atoms with E-state index in [1.165, 1.54) is 16.8 Å². The number of allylic oxidation sites excluding steroid dienone is 1. The van der Waals surface area contributed by atoms with Crippen LogP contribution >= 0.6 is 8.25 Å². The third kappa shape index (κ3) is 7.87. The van der Waals surface area contributed by atoms with Crippen molar-refractivity contribution in [3.63, 3.8) is 0 Å². The molecule has 1 unspecified atom stereocenters. The van der Waals surface area contributed by atoms with Crippen molar-refractivity contribution >= 4 is 20.0 Å². The predicted molar refractivity (Wildman–Crippen MR) is 178 cm³/mol. The zero-order valence-electron chi connectivity index (χ0n) is 26.6. The number of hydrogen-bond acceptors (Lipinski definition) is 9. The summed E-state index contributed by atoms with van der Waals surface area (Å²) in [5, 5.41) is 2.59. The minimum Gasteiger partial charge on any atom is -0.497 e. The first-order valence-corrected chi connectivity index (χ1v) is 16.4. The highest BCUT2D eigenvalue weighted by Gasteiger charge is 2.46. The quantitative estimate of drug-likeness (QED) is 0.0942. The van der Waals surface area contributed by atoms with Crippen LogP contribution in [-0.4, -0.2) is 53.4 Å². The number of ether oxygens (including phenoxy) is 4. The lowest BCUT2D eigenvalue weighted by molar-refractivity contribution is -0.116. The summed E-state index contributed by atoms with van der Waals surface area (Å²) in [6.45, 7) is 3.50.